The summed E-state index contributed by atoms with van der Waals surface area (Å²) in [7, 11) is 0. The number of aromatic nitrogens is 2. The van der Waals surface area contributed by atoms with Crippen LogP contribution in [0.3, 0.4) is 0 Å². The number of rotatable bonds is 3. The van der Waals surface area contributed by atoms with Gasteiger partial charge in [0.2, 0.25) is 0 Å². The maximum atomic E-state index is 5.43. The number of hydrogen-bond donors (Lipinski definition) is 2. The second-order valence-electron chi connectivity index (χ2n) is 4.37. The average molecular weight is 256 g/mol. The Hall–Kier alpha value is -1.98. The number of morpholine rings is 1. The zero-order valence-corrected chi connectivity index (χ0v) is 10.5. The summed E-state index contributed by atoms with van der Waals surface area (Å²) in [4.78, 5) is 8.84. The highest BCUT2D eigenvalue weighted by atomic mass is 16.5. The van der Waals surface area contributed by atoms with E-state index < -0.39 is 0 Å². The van der Waals surface area contributed by atoms with Gasteiger partial charge in [-0.05, 0) is 18.2 Å². The lowest BCUT2D eigenvalue weighted by Crippen LogP contribution is -2.35. The molecule has 1 fully saturated rings. The second-order valence-corrected chi connectivity index (χ2v) is 4.37. The van der Waals surface area contributed by atoms with Gasteiger partial charge >= 0.3 is 0 Å². The molecule has 5 nitrogen and oxygen atoms in total. The van der Waals surface area contributed by atoms with Crippen LogP contribution < -0.4 is 10.6 Å². The summed E-state index contributed by atoms with van der Waals surface area (Å²) in [6.07, 6.45) is 1.77. The van der Waals surface area contributed by atoms with E-state index in [4.69, 9.17) is 4.74 Å². The third kappa shape index (κ3) is 3.07. The molecule has 0 radical (unpaired) electrons. The quantitative estimate of drug-likeness (QED) is 0.878. The predicted octanol–water partition coefficient (Wildman–Crippen LogP) is 1.88. The fourth-order valence-corrected chi connectivity index (χ4v) is 2.01. The first-order chi connectivity index (χ1) is 9.42. The normalized spacial score (nSPS) is 19.1. The molecule has 2 aromatic rings. The minimum atomic E-state index is 0.0753. The number of nitrogens with one attached hydrogen (secondary N) is 2. The Morgan fingerprint density at radius 1 is 1.21 bits per heavy atom. The van der Waals surface area contributed by atoms with Crippen LogP contribution in [0.15, 0.2) is 42.6 Å². The van der Waals surface area contributed by atoms with Crippen molar-refractivity contribution in [2.24, 2.45) is 0 Å². The van der Waals surface area contributed by atoms with Gasteiger partial charge in [-0.25, -0.2) is 9.97 Å². The lowest BCUT2D eigenvalue weighted by atomic mass is 10.2. The van der Waals surface area contributed by atoms with Crippen LogP contribution in [-0.2, 0) is 4.74 Å². The largest absolute Gasteiger partial charge is 0.378 e. The maximum Gasteiger partial charge on any atom is 0.149 e. The summed E-state index contributed by atoms with van der Waals surface area (Å²) in [5, 5.41) is 6.61. The summed E-state index contributed by atoms with van der Waals surface area (Å²) in [5.41, 5.74) is 1.01. The van der Waals surface area contributed by atoms with Crippen molar-refractivity contribution in [3.05, 3.63) is 48.4 Å². The molecular weight excluding hydrogens is 240 g/mol. The van der Waals surface area contributed by atoms with Crippen LogP contribution in [0.1, 0.15) is 11.9 Å². The molecule has 2 heterocycles. The van der Waals surface area contributed by atoms with Crippen LogP contribution in [0.2, 0.25) is 0 Å². The summed E-state index contributed by atoms with van der Waals surface area (Å²) in [5.74, 6) is 1.56. The lowest BCUT2D eigenvalue weighted by Gasteiger charge is -2.22. The van der Waals surface area contributed by atoms with E-state index in [-0.39, 0.29) is 6.04 Å². The first-order valence-corrected chi connectivity index (χ1v) is 6.38. The van der Waals surface area contributed by atoms with Crippen molar-refractivity contribution in [2.75, 3.05) is 25.1 Å². The van der Waals surface area contributed by atoms with Gasteiger partial charge < -0.3 is 15.4 Å². The van der Waals surface area contributed by atoms with Crippen molar-refractivity contribution in [3.63, 3.8) is 0 Å². The molecule has 98 valence electrons. The smallest absolute Gasteiger partial charge is 0.149 e. The van der Waals surface area contributed by atoms with E-state index in [2.05, 4.69) is 20.6 Å². The van der Waals surface area contributed by atoms with Gasteiger partial charge in [0.05, 0.1) is 19.3 Å². The van der Waals surface area contributed by atoms with Gasteiger partial charge in [0.25, 0.3) is 0 Å². The Kier molecular flexibility index (Phi) is 3.67. The monoisotopic (exact) mass is 256 g/mol. The molecule has 1 aliphatic rings. The molecule has 0 saturated carbocycles. The molecule has 1 saturated heterocycles. The summed E-state index contributed by atoms with van der Waals surface area (Å²) >= 11 is 0. The van der Waals surface area contributed by atoms with Crippen molar-refractivity contribution in [1.82, 2.24) is 15.3 Å². The van der Waals surface area contributed by atoms with Gasteiger partial charge in [0.1, 0.15) is 11.6 Å². The highest BCUT2D eigenvalue weighted by Gasteiger charge is 2.17. The Bertz CT molecular complexity index is 526. The number of nitrogens with zero attached hydrogens (tertiary/aromatic N) is 2. The average Bonchev–Trinajstić information content (AvgIpc) is 2.49. The summed E-state index contributed by atoms with van der Waals surface area (Å²) in [6, 6.07) is 11.9. The van der Waals surface area contributed by atoms with Crippen molar-refractivity contribution in [3.8, 4) is 0 Å². The fraction of sp³-hybridized carbons (Fsp3) is 0.286. The van der Waals surface area contributed by atoms with Gasteiger partial charge in [0, 0.05) is 18.4 Å². The standard InChI is InChI=1S/C14H16N4O/c1-2-4-11(5-3-1)17-13-6-7-16-14(18-13)12-10-19-9-8-15-12/h1-7,12,15H,8-10H2,(H,16,17,18). The molecular formula is C14H16N4O. The molecule has 1 atom stereocenters. The summed E-state index contributed by atoms with van der Waals surface area (Å²) < 4.78 is 5.43. The highest BCUT2D eigenvalue weighted by molar-refractivity contribution is 5.55. The van der Waals surface area contributed by atoms with Gasteiger partial charge in [-0.3, -0.25) is 0 Å². The number of anilines is 2. The molecule has 1 aliphatic heterocycles. The van der Waals surface area contributed by atoms with Crippen molar-refractivity contribution >= 4 is 11.5 Å². The van der Waals surface area contributed by atoms with Gasteiger partial charge in [-0.1, -0.05) is 18.2 Å². The summed E-state index contributed by atoms with van der Waals surface area (Å²) in [6.45, 7) is 2.21. The fourth-order valence-electron chi connectivity index (χ4n) is 2.01. The number of hydrogen-bond acceptors (Lipinski definition) is 5. The topological polar surface area (TPSA) is 59.1 Å². The molecule has 19 heavy (non-hydrogen) atoms. The van der Waals surface area contributed by atoms with Crippen LogP contribution in [0.25, 0.3) is 0 Å². The zero-order valence-electron chi connectivity index (χ0n) is 10.5. The molecule has 0 bridgehead atoms. The minimum absolute atomic E-state index is 0.0753. The first-order valence-electron chi connectivity index (χ1n) is 6.38. The zero-order chi connectivity index (χ0) is 12.9. The highest BCUT2D eigenvalue weighted by Crippen LogP contribution is 2.16. The van der Waals surface area contributed by atoms with Crippen LogP contribution in [-0.4, -0.2) is 29.7 Å². The van der Waals surface area contributed by atoms with Crippen molar-refractivity contribution in [1.29, 1.82) is 0 Å². The molecule has 3 rings (SSSR count). The molecule has 0 amide bonds. The Morgan fingerprint density at radius 2 is 2.11 bits per heavy atom. The van der Waals surface area contributed by atoms with E-state index in [1.165, 1.54) is 0 Å². The maximum absolute atomic E-state index is 5.43. The predicted molar refractivity (Wildman–Crippen MR) is 73.3 cm³/mol. The van der Waals surface area contributed by atoms with Gasteiger partial charge in [-0.2, -0.15) is 0 Å². The SMILES string of the molecule is c1ccc(Nc2ccnc(C3COCCN3)n2)cc1. The molecule has 1 aromatic heterocycles. The van der Waals surface area contributed by atoms with E-state index in [1.807, 2.05) is 36.4 Å². The van der Waals surface area contributed by atoms with E-state index in [0.29, 0.717) is 6.61 Å². The Morgan fingerprint density at radius 3 is 2.89 bits per heavy atom. The van der Waals surface area contributed by atoms with Gasteiger partial charge in [-0.15, -0.1) is 0 Å². The third-order valence-corrected chi connectivity index (χ3v) is 2.95. The molecule has 2 N–H and O–H groups in total. The molecule has 1 aromatic carbocycles. The van der Waals surface area contributed by atoms with Crippen LogP contribution in [0, 0.1) is 0 Å². The van der Waals surface area contributed by atoms with Crippen LogP contribution in [0.5, 0.6) is 0 Å². The number of ether oxygens (including phenoxy) is 1. The van der Waals surface area contributed by atoms with Crippen molar-refractivity contribution < 1.29 is 4.74 Å². The third-order valence-electron chi connectivity index (χ3n) is 2.95. The minimum Gasteiger partial charge on any atom is -0.378 e. The number of benzene rings is 1. The Balaban J connectivity index is 1.76. The number of para-hydroxylation sites is 1. The van der Waals surface area contributed by atoms with Crippen LogP contribution in [0.4, 0.5) is 11.5 Å². The van der Waals surface area contributed by atoms with Gasteiger partial charge in [0.15, 0.2) is 0 Å². The first kappa shape index (κ1) is 12.1. The van der Waals surface area contributed by atoms with E-state index in [9.17, 15) is 0 Å². The molecule has 5 heteroatoms. The molecule has 1 unspecified atom stereocenters. The second kappa shape index (κ2) is 5.77. The van der Waals surface area contributed by atoms with E-state index in [1.54, 1.807) is 6.20 Å². The molecule has 0 aliphatic carbocycles. The van der Waals surface area contributed by atoms with E-state index in [0.717, 1.165) is 30.5 Å². The van der Waals surface area contributed by atoms with Crippen molar-refractivity contribution in [2.45, 2.75) is 6.04 Å². The molecule has 0 spiro atoms. The van der Waals surface area contributed by atoms with E-state index >= 15 is 0 Å². The lowest BCUT2D eigenvalue weighted by molar-refractivity contribution is 0.0742. The Labute approximate surface area is 112 Å². The van der Waals surface area contributed by atoms with Crippen LogP contribution >= 0.6 is 0 Å².